The number of hydrogen-bond donors (Lipinski definition) is 0. The van der Waals surface area contributed by atoms with Crippen LogP contribution in [-0.2, 0) is 23.7 Å². The lowest BCUT2D eigenvalue weighted by Crippen LogP contribution is -2.54. The van der Waals surface area contributed by atoms with E-state index in [0.29, 0.717) is 12.2 Å². The molecule has 0 aromatic heterocycles. The second-order valence-electron chi connectivity index (χ2n) is 6.18. The highest BCUT2D eigenvalue weighted by Crippen LogP contribution is 2.41. The molecule has 3 aliphatic rings. The Bertz CT molecular complexity index is 571. The highest BCUT2D eigenvalue weighted by Gasteiger charge is 2.60. The van der Waals surface area contributed by atoms with E-state index in [1.54, 1.807) is 24.3 Å². The molecular formula is C16H18O6. The van der Waals surface area contributed by atoms with Crippen LogP contribution in [0.5, 0.6) is 0 Å². The van der Waals surface area contributed by atoms with Crippen molar-refractivity contribution in [1.82, 2.24) is 0 Å². The van der Waals surface area contributed by atoms with Crippen molar-refractivity contribution in [3.05, 3.63) is 35.9 Å². The van der Waals surface area contributed by atoms with E-state index in [-0.39, 0.29) is 18.3 Å². The molecule has 2 bridgehead atoms. The Morgan fingerprint density at radius 1 is 1.18 bits per heavy atom. The molecule has 6 heteroatoms. The first kappa shape index (κ1) is 14.1. The van der Waals surface area contributed by atoms with E-state index in [1.165, 1.54) is 0 Å². The Hall–Kier alpha value is -1.47. The third-order valence-electron chi connectivity index (χ3n) is 4.11. The molecule has 3 aliphatic heterocycles. The summed E-state index contributed by atoms with van der Waals surface area (Å²) in [5.41, 5.74) is 0.498. The van der Waals surface area contributed by atoms with Gasteiger partial charge in [-0.1, -0.05) is 18.2 Å². The van der Waals surface area contributed by atoms with Crippen molar-refractivity contribution in [1.29, 1.82) is 0 Å². The van der Waals surface area contributed by atoms with Gasteiger partial charge in [-0.2, -0.15) is 0 Å². The standard InChI is InChI=1S/C16H18O6/c1-16(2)21-12-11(10-8-18-15(19-10)13(12)22-16)20-14(17)9-6-4-3-5-7-9/h3-7,10-13,15H,8H2,1-2H3. The normalized spacial score (nSPS) is 38.5. The summed E-state index contributed by atoms with van der Waals surface area (Å²) >= 11 is 0. The van der Waals surface area contributed by atoms with E-state index >= 15 is 0 Å². The lowest BCUT2D eigenvalue weighted by molar-refractivity contribution is -0.198. The van der Waals surface area contributed by atoms with Crippen LogP contribution in [-0.4, -0.2) is 49.1 Å². The van der Waals surface area contributed by atoms with Gasteiger partial charge in [-0.05, 0) is 26.0 Å². The average molecular weight is 306 g/mol. The molecule has 0 radical (unpaired) electrons. The monoisotopic (exact) mass is 306 g/mol. The maximum atomic E-state index is 12.3. The number of rotatable bonds is 2. The van der Waals surface area contributed by atoms with E-state index in [4.69, 9.17) is 23.7 Å². The van der Waals surface area contributed by atoms with Gasteiger partial charge in [0.2, 0.25) is 0 Å². The molecule has 0 aliphatic carbocycles. The van der Waals surface area contributed by atoms with Crippen molar-refractivity contribution in [2.75, 3.05) is 6.61 Å². The number of esters is 1. The molecule has 3 heterocycles. The zero-order chi connectivity index (χ0) is 15.3. The highest BCUT2D eigenvalue weighted by atomic mass is 16.8. The second-order valence-corrected chi connectivity index (χ2v) is 6.18. The first-order valence-corrected chi connectivity index (χ1v) is 7.42. The third-order valence-corrected chi connectivity index (χ3v) is 4.11. The van der Waals surface area contributed by atoms with Crippen molar-refractivity contribution >= 4 is 5.97 Å². The Balaban J connectivity index is 1.56. The summed E-state index contributed by atoms with van der Waals surface area (Å²) in [7, 11) is 0. The van der Waals surface area contributed by atoms with Crippen LogP contribution in [0.3, 0.4) is 0 Å². The van der Waals surface area contributed by atoms with Gasteiger partial charge >= 0.3 is 5.97 Å². The summed E-state index contributed by atoms with van der Waals surface area (Å²) in [6, 6.07) is 8.87. The van der Waals surface area contributed by atoms with E-state index in [9.17, 15) is 4.79 Å². The average Bonchev–Trinajstić information content (AvgIpc) is 3.07. The molecule has 3 fully saturated rings. The summed E-state index contributed by atoms with van der Waals surface area (Å²) in [5.74, 6) is -1.14. The van der Waals surface area contributed by atoms with Gasteiger partial charge in [-0.25, -0.2) is 4.79 Å². The topological polar surface area (TPSA) is 63.2 Å². The zero-order valence-electron chi connectivity index (χ0n) is 12.4. The minimum atomic E-state index is -0.746. The predicted octanol–water partition coefficient (Wildman–Crippen LogP) is 1.49. The van der Waals surface area contributed by atoms with Crippen molar-refractivity contribution in [2.24, 2.45) is 0 Å². The third kappa shape index (κ3) is 2.32. The highest BCUT2D eigenvalue weighted by molar-refractivity contribution is 5.89. The first-order valence-electron chi connectivity index (χ1n) is 7.42. The van der Waals surface area contributed by atoms with Gasteiger partial charge in [0.25, 0.3) is 0 Å². The Morgan fingerprint density at radius 2 is 1.91 bits per heavy atom. The molecule has 0 saturated carbocycles. The molecule has 3 saturated heterocycles. The number of fused-ring (bicyclic) bond motifs is 4. The summed E-state index contributed by atoms with van der Waals surface area (Å²) in [4.78, 5) is 12.3. The van der Waals surface area contributed by atoms with Gasteiger partial charge in [0.05, 0.1) is 12.2 Å². The molecular weight excluding hydrogens is 288 g/mol. The van der Waals surface area contributed by atoms with E-state index in [2.05, 4.69) is 0 Å². The summed E-state index contributed by atoms with van der Waals surface area (Å²) < 4.78 is 28.8. The van der Waals surface area contributed by atoms with Crippen LogP contribution < -0.4 is 0 Å². The number of benzene rings is 1. The quantitative estimate of drug-likeness (QED) is 0.771. The maximum Gasteiger partial charge on any atom is 0.338 e. The molecule has 0 N–H and O–H groups in total. The molecule has 1 aromatic rings. The molecule has 0 spiro atoms. The van der Waals surface area contributed by atoms with Gasteiger partial charge in [0, 0.05) is 0 Å². The number of hydrogen-bond acceptors (Lipinski definition) is 6. The molecule has 5 unspecified atom stereocenters. The van der Waals surface area contributed by atoms with Crippen molar-refractivity contribution in [3.63, 3.8) is 0 Å². The maximum absolute atomic E-state index is 12.3. The van der Waals surface area contributed by atoms with Crippen LogP contribution in [0.25, 0.3) is 0 Å². The van der Waals surface area contributed by atoms with E-state index < -0.39 is 24.2 Å². The van der Waals surface area contributed by atoms with Crippen LogP contribution in [0.2, 0.25) is 0 Å². The van der Waals surface area contributed by atoms with Crippen LogP contribution in [0.4, 0.5) is 0 Å². The van der Waals surface area contributed by atoms with Gasteiger partial charge in [0.1, 0.15) is 18.3 Å². The largest absolute Gasteiger partial charge is 0.453 e. The Morgan fingerprint density at radius 3 is 2.68 bits per heavy atom. The molecule has 1 aromatic carbocycles. The first-order chi connectivity index (χ1) is 10.5. The lowest BCUT2D eigenvalue weighted by Gasteiger charge is -2.34. The fourth-order valence-corrected chi connectivity index (χ4v) is 3.19. The Kier molecular flexibility index (Phi) is 3.23. The molecule has 5 atom stereocenters. The van der Waals surface area contributed by atoms with Gasteiger partial charge < -0.3 is 23.7 Å². The number of ether oxygens (including phenoxy) is 5. The van der Waals surface area contributed by atoms with Crippen LogP contribution >= 0.6 is 0 Å². The minimum absolute atomic E-state index is 0.323. The zero-order valence-corrected chi connectivity index (χ0v) is 12.4. The summed E-state index contributed by atoms with van der Waals surface area (Å²) in [6.45, 7) is 4.03. The molecule has 4 rings (SSSR count). The van der Waals surface area contributed by atoms with Gasteiger partial charge in [-0.15, -0.1) is 0 Å². The fourth-order valence-electron chi connectivity index (χ4n) is 3.19. The van der Waals surface area contributed by atoms with E-state index in [0.717, 1.165) is 0 Å². The lowest BCUT2D eigenvalue weighted by atomic mass is 10.0. The smallest absolute Gasteiger partial charge is 0.338 e. The summed E-state index contributed by atoms with van der Waals surface area (Å²) in [5, 5.41) is 0. The second kappa shape index (κ2) is 5.03. The molecule has 22 heavy (non-hydrogen) atoms. The number of carbonyl (C=O) groups excluding carboxylic acids is 1. The molecule has 6 nitrogen and oxygen atoms in total. The molecule has 0 amide bonds. The SMILES string of the molecule is CC1(C)OC2C3OCC(O3)C(OC(=O)c3ccccc3)C2O1. The molecule has 118 valence electrons. The van der Waals surface area contributed by atoms with Crippen LogP contribution in [0, 0.1) is 0 Å². The van der Waals surface area contributed by atoms with Crippen LogP contribution in [0.1, 0.15) is 24.2 Å². The predicted molar refractivity (Wildman–Crippen MR) is 74.1 cm³/mol. The summed E-state index contributed by atoms with van der Waals surface area (Å²) in [6.07, 6.45) is -2.09. The van der Waals surface area contributed by atoms with Crippen molar-refractivity contribution in [2.45, 2.75) is 50.3 Å². The van der Waals surface area contributed by atoms with Crippen molar-refractivity contribution < 1.29 is 28.5 Å². The van der Waals surface area contributed by atoms with Gasteiger partial charge in [0.15, 0.2) is 18.2 Å². The van der Waals surface area contributed by atoms with Gasteiger partial charge in [-0.3, -0.25) is 0 Å². The van der Waals surface area contributed by atoms with E-state index in [1.807, 2.05) is 19.9 Å². The fraction of sp³-hybridized carbons (Fsp3) is 0.562. The minimum Gasteiger partial charge on any atom is -0.453 e. The van der Waals surface area contributed by atoms with Crippen LogP contribution in [0.15, 0.2) is 30.3 Å². The Labute approximate surface area is 128 Å². The van der Waals surface area contributed by atoms with Crippen molar-refractivity contribution in [3.8, 4) is 0 Å². The number of carbonyl (C=O) groups is 1.